The van der Waals surface area contributed by atoms with Gasteiger partial charge in [0.1, 0.15) is 0 Å². The molecule has 56 heavy (non-hydrogen) atoms. The van der Waals surface area contributed by atoms with Crippen LogP contribution in [0.4, 0.5) is 0 Å². The van der Waals surface area contributed by atoms with Gasteiger partial charge in [0.15, 0.2) is 5.82 Å². The summed E-state index contributed by atoms with van der Waals surface area (Å²) < 4.78 is 4.72. The summed E-state index contributed by atoms with van der Waals surface area (Å²) in [5, 5.41) is 6.15. The van der Waals surface area contributed by atoms with E-state index in [9.17, 15) is 0 Å². The fourth-order valence-corrected chi connectivity index (χ4v) is 8.25. The van der Waals surface area contributed by atoms with Gasteiger partial charge in [-0.25, -0.2) is 9.97 Å². The third-order valence-electron chi connectivity index (χ3n) is 10.9. The van der Waals surface area contributed by atoms with E-state index in [0.717, 1.165) is 50.6 Å². The molecule has 0 fully saturated rings. The lowest BCUT2D eigenvalue weighted by molar-refractivity contribution is 1.13. The van der Waals surface area contributed by atoms with Gasteiger partial charge >= 0.3 is 0 Å². The molecule has 11 aromatic rings. The number of para-hydroxylation sites is 2. The molecule has 0 bridgehead atoms. The summed E-state index contributed by atoms with van der Waals surface area (Å²) in [7, 11) is 0. The molecule has 0 aliphatic carbocycles. The first kappa shape index (κ1) is 31.9. The SMILES string of the molecule is c1ccc(-c2cc(-c3cccc(-c4cccc(-n5c6ccccc6c6ccc7cc8c(ccn8-c8ccccc8)cc7c65)c4)c3)nc(-c3ccccc3)n2)cc1. The van der Waals surface area contributed by atoms with Crippen molar-refractivity contribution in [1.82, 2.24) is 19.1 Å². The molecule has 0 aliphatic heterocycles. The molecule has 0 saturated carbocycles. The molecule has 0 amide bonds. The van der Waals surface area contributed by atoms with Gasteiger partial charge in [0.25, 0.3) is 0 Å². The minimum atomic E-state index is 0.710. The Balaban J connectivity index is 1.06. The molecule has 0 spiro atoms. The van der Waals surface area contributed by atoms with Gasteiger partial charge in [0, 0.05) is 55.8 Å². The van der Waals surface area contributed by atoms with Gasteiger partial charge in [-0.15, -0.1) is 0 Å². The van der Waals surface area contributed by atoms with Gasteiger partial charge in [0.2, 0.25) is 0 Å². The van der Waals surface area contributed by atoms with Crippen LogP contribution in [0.5, 0.6) is 0 Å². The highest BCUT2D eigenvalue weighted by Crippen LogP contribution is 2.39. The van der Waals surface area contributed by atoms with E-state index in [-0.39, 0.29) is 0 Å². The smallest absolute Gasteiger partial charge is 0.160 e. The lowest BCUT2D eigenvalue weighted by atomic mass is 10.00. The van der Waals surface area contributed by atoms with Gasteiger partial charge in [-0.05, 0) is 77.2 Å². The quantitative estimate of drug-likeness (QED) is 0.172. The summed E-state index contributed by atoms with van der Waals surface area (Å²) >= 11 is 0. The monoisotopic (exact) mass is 714 g/mol. The largest absolute Gasteiger partial charge is 0.317 e. The van der Waals surface area contributed by atoms with Crippen LogP contribution >= 0.6 is 0 Å². The van der Waals surface area contributed by atoms with E-state index in [0.29, 0.717) is 5.82 Å². The predicted molar refractivity (Wildman–Crippen MR) is 232 cm³/mol. The van der Waals surface area contributed by atoms with Crippen LogP contribution in [-0.2, 0) is 0 Å². The normalized spacial score (nSPS) is 11.6. The van der Waals surface area contributed by atoms with E-state index >= 15 is 0 Å². The third-order valence-corrected chi connectivity index (χ3v) is 10.9. The highest BCUT2D eigenvalue weighted by atomic mass is 15.0. The van der Waals surface area contributed by atoms with Gasteiger partial charge in [-0.3, -0.25) is 0 Å². The third kappa shape index (κ3) is 5.39. The number of hydrogen-bond donors (Lipinski definition) is 0. The first-order valence-corrected chi connectivity index (χ1v) is 19.0. The standard InChI is InChI=1S/C52H34N4/c1-4-14-35(15-5-1)47-34-48(54-52(53-47)36-16-6-2-7-17-36)40-20-12-18-37(30-40)38-19-13-23-43(31-38)56-49-25-11-10-24-44(49)45-27-26-39-33-50-41(32-46(39)51(45)56)28-29-55(50)42-21-8-3-9-22-42/h1-34H. The molecule has 0 aliphatic rings. The number of benzene rings is 8. The molecule has 8 aromatic carbocycles. The molecular weight excluding hydrogens is 681 g/mol. The second-order valence-electron chi connectivity index (χ2n) is 14.3. The molecule has 0 unspecified atom stereocenters. The Morgan fingerprint density at radius 1 is 0.339 bits per heavy atom. The van der Waals surface area contributed by atoms with Crippen LogP contribution in [0.1, 0.15) is 0 Å². The molecule has 0 radical (unpaired) electrons. The molecule has 3 aromatic heterocycles. The summed E-state index contributed by atoms with van der Waals surface area (Å²) in [6.07, 6.45) is 2.18. The highest BCUT2D eigenvalue weighted by Gasteiger charge is 2.17. The Hall–Kier alpha value is -7.56. The Morgan fingerprint density at radius 2 is 0.964 bits per heavy atom. The first-order valence-electron chi connectivity index (χ1n) is 19.0. The van der Waals surface area contributed by atoms with Crippen LogP contribution in [0.15, 0.2) is 206 Å². The van der Waals surface area contributed by atoms with Crippen molar-refractivity contribution in [3.05, 3.63) is 206 Å². The number of aromatic nitrogens is 4. The average Bonchev–Trinajstić information content (AvgIpc) is 3.85. The fourth-order valence-electron chi connectivity index (χ4n) is 8.25. The lowest BCUT2D eigenvalue weighted by Gasteiger charge is -2.13. The Bertz CT molecular complexity index is 3170. The fraction of sp³-hybridized carbons (Fsp3) is 0. The van der Waals surface area contributed by atoms with Crippen LogP contribution in [0.3, 0.4) is 0 Å². The summed E-state index contributed by atoms with van der Waals surface area (Å²) in [5.41, 5.74) is 13.0. The van der Waals surface area contributed by atoms with Gasteiger partial charge in [0.05, 0.1) is 27.9 Å². The lowest BCUT2D eigenvalue weighted by Crippen LogP contribution is -1.96. The van der Waals surface area contributed by atoms with E-state index in [1.165, 1.54) is 43.5 Å². The van der Waals surface area contributed by atoms with E-state index in [4.69, 9.17) is 9.97 Å². The van der Waals surface area contributed by atoms with Gasteiger partial charge in [-0.1, -0.05) is 140 Å². The van der Waals surface area contributed by atoms with E-state index in [2.05, 4.69) is 191 Å². The maximum atomic E-state index is 5.11. The van der Waals surface area contributed by atoms with Crippen LogP contribution < -0.4 is 0 Å². The van der Waals surface area contributed by atoms with Crippen molar-refractivity contribution in [1.29, 1.82) is 0 Å². The molecule has 11 rings (SSSR count). The van der Waals surface area contributed by atoms with E-state index in [1.807, 2.05) is 24.3 Å². The maximum absolute atomic E-state index is 5.11. The van der Waals surface area contributed by atoms with Crippen molar-refractivity contribution < 1.29 is 0 Å². The van der Waals surface area contributed by atoms with Crippen molar-refractivity contribution in [3.8, 4) is 56.4 Å². The number of fused-ring (bicyclic) bond motifs is 6. The second-order valence-corrected chi connectivity index (χ2v) is 14.3. The Morgan fingerprint density at radius 3 is 1.77 bits per heavy atom. The van der Waals surface area contributed by atoms with Crippen molar-refractivity contribution in [2.75, 3.05) is 0 Å². The average molecular weight is 715 g/mol. The van der Waals surface area contributed by atoms with Crippen molar-refractivity contribution in [2.45, 2.75) is 0 Å². The molecule has 3 heterocycles. The van der Waals surface area contributed by atoms with Crippen LogP contribution in [0.2, 0.25) is 0 Å². The molecule has 262 valence electrons. The van der Waals surface area contributed by atoms with E-state index in [1.54, 1.807) is 0 Å². The zero-order chi connectivity index (χ0) is 37.0. The highest BCUT2D eigenvalue weighted by molar-refractivity contribution is 6.20. The van der Waals surface area contributed by atoms with Crippen molar-refractivity contribution in [2.24, 2.45) is 0 Å². The summed E-state index contributed by atoms with van der Waals surface area (Å²) in [6.45, 7) is 0. The zero-order valence-electron chi connectivity index (χ0n) is 30.4. The molecular formula is C52H34N4. The number of hydrogen-bond acceptors (Lipinski definition) is 2. The minimum absolute atomic E-state index is 0.710. The predicted octanol–water partition coefficient (Wildman–Crippen LogP) is 13.3. The number of nitrogens with zero attached hydrogens (tertiary/aromatic N) is 4. The molecule has 0 N–H and O–H groups in total. The molecule has 4 nitrogen and oxygen atoms in total. The first-order chi connectivity index (χ1) is 27.7. The Labute approximate surface area is 324 Å². The topological polar surface area (TPSA) is 35.6 Å². The minimum Gasteiger partial charge on any atom is -0.317 e. The van der Waals surface area contributed by atoms with Crippen LogP contribution in [0.25, 0.3) is 99.9 Å². The second kappa shape index (κ2) is 13.1. The summed E-state index contributed by atoms with van der Waals surface area (Å²) in [4.78, 5) is 10.1. The van der Waals surface area contributed by atoms with E-state index < -0.39 is 0 Å². The molecule has 4 heteroatoms. The molecule has 0 atom stereocenters. The van der Waals surface area contributed by atoms with Crippen molar-refractivity contribution >= 4 is 43.5 Å². The molecule has 0 saturated heterocycles. The van der Waals surface area contributed by atoms with Gasteiger partial charge < -0.3 is 9.13 Å². The van der Waals surface area contributed by atoms with Crippen molar-refractivity contribution in [3.63, 3.8) is 0 Å². The van der Waals surface area contributed by atoms with Crippen LogP contribution in [0, 0.1) is 0 Å². The summed E-state index contributed by atoms with van der Waals surface area (Å²) in [5.74, 6) is 0.710. The summed E-state index contributed by atoms with van der Waals surface area (Å²) in [6, 6.07) is 71.1. The zero-order valence-corrected chi connectivity index (χ0v) is 30.4. The Kier molecular flexibility index (Phi) is 7.46. The number of rotatable bonds is 6. The van der Waals surface area contributed by atoms with Gasteiger partial charge in [-0.2, -0.15) is 0 Å². The van der Waals surface area contributed by atoms with Crippen LogP contribution in [-0.4, -0.2) is 19.1 Å². The maximum Gasteiger partial charge on any atom is 0.160 e.